The molecule has 0 fully saturated rings. The lowest BCUT2D eigenvalue weighted by molar-refractivity contribution is 0.0955. The number of nitrogens with zero attached hydrogens (tertiary/aromatic N) is 1. The van der Waals surface area contributed by atoms with Gasteiger partial charge in [-0.3, -0.25) is 4.79 Å². The van der Waals surface area contributed by atoms with Gasteiger partial charge in [-0.15, -0.1) is 0 Å². The Bertz CT molecular complexity index is 732. The minimum Gasteiger partial charge on any atom is -0.493 e. The zero-order valence-electron chi connectivity index (χ0n) is 14.4. The quantitative estimate of drug-likeness (QED) is 0.592. The lowest BCUT2D eigenvalue weighted by Gasteiger charge is -2.12. The second-order valence-electron chi connectivity index (χ2n) is 5.06. The molecule has 0 radical (unpaired) electrons. The van der Waals surface area contributed by atoms with Crippen LogP contribution in [0.1, 0.15) is 21.5 Å². The van der Waals surface area contributed by atoms with Gasteiger partial charge in [0.1, 0.15) is 0 Å². The van der Waals surface area contributed by atoms with Gasteiger partial charge in [-0.2, -0.15) is 5.10 Å². The van der Waals surface area contributed by atoms with E-state index >= 15 is 0 Å². The van der Waals surface area contributed by atoms with E-state index in [2.05, 4.69) is 10.5 Å². The number of nitrogens with two attached hydrogens (primary N) is 1. The van der Waals surface area contributed by atoms with Crippen LogP contribution in [0.3, 0.4) is 0 Å². The first kappa shape index (κ1) is 18.3. The van der Waals surface area contributed by atoms with Crippen LogP contribution < -0.4 is 25.4 Å². The Labute approximate surface area is 146 Å². The van der Waals surface area contributed by atoms with Gasteiger partial charge < -0.3 is 19.9 Å². The highest BCUT2D eigenvalue weighted by Crippen LogP contribution is 2.37. The highest BCUT2D eigenvalue weighted by Gasteiger charge is 2.12. The molecule has 0 aliphatic heterocycles. The number of hydrogen-bond acceptors (Lipinski definition) is 6. The predicted octanol–water partition coefficient (Wildman–Crippen LogP) is 1.94. The summed E-state index contributed by atoms with van der Waals surface area (Å²) in [5.74, 6) is 1.19. The number of amides is 1. The second kappa shape index (κ2) is 8.70. The predicted molar refractivity (Wildman–Crippen MR) is 95.5 cm³/mol. The highest BCUT2D eigenvalue weighted by atomic mass is 16.5. The third-order valence-electron chi connectivity index (χ3n) is 3.52. The normalized spacial score (nSPS) is 10.6. The fraction of sp³-hybridized carbons (Fsp3) is 0.222. The molecule has 0 unspecified atom stereocenters. The first-order valence-electron chi connectivity index (χ1n) is 7.55. The van der Waals surface area contributed by atoms with E-state index in [4.69, 9.17) is 19.9 Å². The molecule has 0 bridgehead atoms. The fourth-order valence-corrected chi connectivity index (χ4v) is 2.20. The maximum absolute atomic E-state index is 12.1. The lowest BCUT2D eigenvalue weighted by atomic mass is 10.1. The number of hydrazone groups is 1. The Morgan fingerprint density at radius 2 is 1.68 bits per heavy atom. The van der Waals surface area contributed by atoms with E-state index in [1.54, 1.807) is 36.4 Å². The molecule has 2 rings (SSSR count). The molecule has 0 atom stereocenters. The average Bonchev–Trinajstić information content (AvgIpc) is 2.66. The molecule has 7 heteroatoms. The van der Waals surface area contributed by atoms with Crippen LogP contribution in [0, 0.1) is 0 Å². The van der Waals surface area contributed by atoms with Crippen LogP contribution in [-0.2, 0) is 6.54 Å². The van der Waals surface area contributed by atoms with Gasteiger partial charge in [0, 0.05) is 17.7 Å². The smallest absolute Gasteiger partial charge is 0.271 e. The Kier molecular flexibility index (Phi) is 6.36. The van der Waals surface area contributed by atoms with Crippen molar-refractivity contribution in [2.75, 3.05) is 21.3 Å². The van der Waals surface area contributed by atoms with E-state index in [0.717, 1.165) is 5.56 Å². The van der Waals surface area contributed by atoms with Crippen molar-refractivity contribution in [2.24, 2.45) is 10.8 Å². The van der Waals surface area contributed by atoms with E-state index < -0.39 is 0 Å². The van der Waals surface area contributed by atoms with Gasteiger partial charge in [0.05, 0.1) is 27.5 Å². The van der Waals surface area contributed by atoms with Crippen molar-refractivity contribution in [3.63, 3.8) is 0 Å². The molecule has 25 heavy (non-hydrogen) atoms. The number of carbonyl (C=O) groups excluding carboxylic acids is 1. The maximum atomic E-state index is 12.1. The molecule has 3 N–H and O–H groups in total. The molecule has 0 spiro atoms. The number of carbonyl (C=O) groups is 1. The Hall–Kier alpha value is -3.06. The van der Waals surface area contributed by atoms with Crippen LogP contribution in [-0.4, -0.2) is 33.5 Å². The first-order valence-corrected chi connectivity index (χ1v) is 7.55. The molecule has 0 heterocycles. The SMILES string of the molecule is COc1cc(/C=N\NC(=O)c2ccc(CN)cc2)cc(OC)c1OC. The summed E-state index contributed by atoms with van der Waals surface area (Å²) in [6.07, 6.45) is 1.50. The molecule has 132 valence electrons. The van der Waals surface area contributed by atoms with Crippen molar-refractivity contribution in [3.05, 3.63) is 53.1 Å². The number of nitrogens with one attached hydrogen (secondary N) is 1. The summed E-state index contributed by atoms with van der Waals surface area (Å²) in [5.41, 5.74) is 10.2. The fourth-order valence-electron chi connectivity index (χ4n) is 2.20. The third-order valence-corrected chi connectivity index (χ3v) is 3.52. The third kappa shape index (κ3) is 4.48. The molecule has 0 saturated carbocycles. The van der Waals surface area contributed by atoms with E-state index in [9.17, 15) is 4.79 Å². The van der Waals surface area contributed by atoms with E-state index in [0.29, 0.717) is 34.9 Å². The molecule has 2 aromatic carbocycles. The largest absolute Gasteiger partial charge is 0.493 e. The van der Waals surface area contributed by atoms with Crippen LogP contribution in [0.15, 0.2) is 41.5 Å². The summed E-state index contributed by atoms with van der Waals surface area (Å²) >= 11 is 0. The highest BCUT2D eigenvalue weighted by molar-refractivity contribution is 5.95. The van der Waals surface area contributed by atoms with Gasteiger partial charge in [0.2, 0.25) is 5.75 Å². The molecule has 0 aromatic heterocycles. The summed E-state index contributed by atoms with van der Waals surface area (Å²) < 4.78 is 15.8. The van der Waals surface area contributed by atoms with Gasteiger partial charge in [0.25, 0.3) is 5.91 Å². The average molecular weight is 343 g/mol. The number of rotatable bonds is 7. The number of benzene rings is 2. The van der Waals surface area contributed by atoms with Gasteiger partial charge in [-0.25, -0.2) is 5.43 Å². The zero-order chi connectivity index (χ0) is 18.2. The molecule has 0 aliphatic carbocycles. The maximum Gasteiger partial charge on any atom is 0.271 e. The zero-order valence-corrected chi connectivity index (χ0v) is 14.4. The molecular weight excluding hydrogens is 322 g/mol. The molecule has 2 aromatic rings. The molecule has 0 saturated heterocycles. The van der Waals surface area contributed by atoms with Gasteiger partial charge in [0.15, 0.2) is 11.5 Å². The van der Waals surface area contributed by atoms with Crippen LogP contribution in [0.5, 0.6) is 17.2 Å². The van der Waals surface area contributed by atoms with Crippen LogP contribution in [0.2, 0.25) is 0 Å². The number of hydrogen-bond donors (Lipinski definition) is 2. The molecule has 0 aliphatic rings. The van der Waals surface area contributed by atoms with Crippen LogP contribution in [0.25, 0.3) is 0 Å². The first-order chi connectivity index (χ1) is 12.1. The van der Waals surface area contributed by atoms with Crippen molar-refractivity contribution in [1.29, 1.82) is 0 Å². The van der Waals surface area contributed by atoms with Crippen molar-refractivity contribution in [1.82, 2.24) is 5.43 Å². The monoisotopic (exact) mass is 343 g/mol. The van der Waals surface area contributed by atoms with E-state index in [1.807, 2.05) is 0 Å². The topological polar surface area (TPSA) is 95.2 Å². The van der Waals surface area contributed by atoms with Gasteiger partial charge in [-0.05, 0) is 29.8 Å². The van der Waals surface area contributed by atoms with Crippen LogP contribution in [0.4, 0.5) is 0 Å². The van der Waals surface area contributed by atoms with Crippen molar-refractivity contribution in [2.45, 2.75) is 6.54 Å². The Morgan fingerprint density at radius 3 is 2.16 bits per heavy atom. The molecule has 7 nitrogen and oxygen atoms in total. The van der Waals surface area contributed by atoms with Crippen LogP contribution >= 0.6 is 0 Å². The minimum absolute atomic E-state index is 0.313. The van der Waals surface area contributed by atoms with E-state index in [1.165, 1.54) is 27.5 Å². The van der Waals surface area contributed by atoms with Gasteiger partial charge >= 0.3 is 0 Å². The Morgan fingerprint density at radius 1 is 1.08 bits per heavy atom. The second-order valence-corrected chi connectivity index (χ2v) is 5.06. The summed E-state index contributed by atoms with van der Waals surface area (Å²) in [4.78, 5) is 12.1. The van der Waals surface area contributed by atoms with Crippen molar-refractivity contribution in [3.8, 4) is 17.2 Å². The molecular formula is C18H21N3O4. The van der Waals surface area contributed by atoms with Crippen molar-refractivity contribution >= 4 is 12.1 Å². The Balaban J connectivity index is 2.11. The number of ether oxygens (including phenoxy) is 3. The van der Waals surface area contributed by atoms with Crippen molar-refractivity contribution < 1.29 is 19.0 Å². The summed E-state index contributed by atoms with van der Waals surface area (Å²) in [5, 5.41) is 3.97. The minimum atomic E-state index is -0.313. The van der Waals surface area contributed by atoms with E-state index in [-0.39, 0.29) is 5.91 Å². The molecule has 1 amide bonds. The van der Waals surface area contributed by atoms with Gasteiger partial charge in [-0.1, -0.05) is 12.1 Å². The summed E-state index contributed by atoms with van der Waals surface area (Å²) in [6, 6.07) is 10.5. The number of methoxy groups -OCH3 is 3. The standard InChI is InChI=1S/C18H21N3O4/c1-23-15-8-13(9-16(24-2)17(15)25-3)11-20-21-18(22)14-6-4-12(10-19)5-7-14/h4-9,11H,10,19H2,1-3H3,(H,21,22)/b20-11-. The lowest BCUT2D eigenvalue weighted by Crippen LogP contribution is -2.17. The summed E-state index contributed by atoms with van der Waals surface area (Å²) in [7, 11) is 4.60. The summed E-state index contributed by atoms with van der Waals surface area (Å²) in [6.45, 7) is 0.432.